The van der Waals surface area contributed by atoms with Gasteiger partial charge in [0.25, 0.3) is 0 Å². The Bertz CT molecular complexity index is 446. The van der Waals surface area contributed by atoms with Crippen LogP contribution in [0.1, 0.15) is 19.2 Å². The molecule has 1 aromatic heterocycles. The number of anilines is 1. The van der Waals surface area contributed by atoms with Gasteiger partial charge in [-0.25, -0.2) is 9.78 Å². The maximum absolute atomic E-state index is 11.4. The van der Waals surface area contributed by atoms with Gasteiger partial charge in [-0.3, -0.25) is 10.1 Å². The fraction of sp³-hybridized carbons (Fsp3) is 0.556. The van der Waals surface area contributed by atoms with E-state index in [4.69, 9.17) is 5.11 Å². The van der Waals surface area contributed by atoms with Crippen molar-refractivity contribution in [3.05, 3.63) is 5.82 Å². The van der Waals surface area contributed by atoms with E-state index in [2.05, 4.69) is 20.0 Å². The van der Waals surface area contributed by atoms with E-state index in [9.17, 15) is 14.7 Å². The largest absolute Gasteiger partial charge is 0.481 e. The second kappa shape index (κ2) is 5.74. The first-order valence-electron chi connectivity index (χ1n) is 5.08. The Kier molecular flexibility index (Phi) is 4.56. The number of aliphatic carboxylic acids is 1. The predicted molar refractivity (Wildman–Crippen MR) is 64.5 cm³/mol. The normalized spacial score (nSPS) is 13.7. The number of carboxylic acid groups (broad SMARTS) is 1. The van der Waals surface area contributed by atoms with Gasteiger partial charge in [0.05, 0.1) is 12.0 Å². The summed E-state index contributed by atoms with van der Waals surface area (Å²) in [5.41, 5.74) is -1.50. The number of rotatable bonds is 5. The number of urea groups is 1. The van der Waals surface area contributed by atoms with Crippen molar-refractivity contribution in [2.75, 3.05) is 11.9 Å². The van der Waals surface area contributed by atoms with Gasteiger partial charge >= 0.3 is 12.0 Å². The number of carbonyl (C=O) groups excluding carboxylic acids is 1. The van der Waals surface area contributed by atoms with Gasteiger partial charge in [-0.05, 0) is 13.8 Å². The topological polar surface area (TPSA) is 124 Å². The van der Waals surface area contributed by atoms with E-state index in [1.807, 2.05) is 0 Å². The Morgan fingerprint density at radius 2 is 2.17 bits per heavy atom. The highest BCUT2D eigenvalue weighted by Gasteiger charge is 2.24. The summed E-state index contributed by atoms with van der Waals surface area (Å²) in [4.78, 5) is 25.8. The molecule has 1 aromatic rings. The van der Waals surface area contributed by atoms with Crippen LogP contribution in [-0.4, -0.2) is 43.7 Å². The third-order valence-electron chi connectivity index (χ3n) is 1.91. The lowest BCUT2D eigenvalue weighted by Gasteiger charge is -2.21. The average molecular weight is 274 g/mol. The van der Waals surface area contributed by atoms with E-state index < -0.39 is 24.0 Å². The average Bonchev–Trinajstić information content (AvgIpc) is 2.59. The molecule has 1 atom stereocenters. The number of nitrogens with one attached hydrogen (secondary N) is 2. The fourth-order valence-corrected chi connectivity index (χ4v) is 1.72. The van der Waals surface area contributed by atoms with Crippen molar-refractivity contribution in [1.29, 1.82) is 0 Å². The molecule has 0 aromatic carbocycles. The van der Waals surface area contributed by atoms with Gasteiger partial charge in [-0.15, -0.1) is 0 Å². The van der Waals surface area contributed by atoms with Gasteiger partial charge in [-0.1, -0.05) is 0 Å². The van der Waals surface area contributed by atoms with E-state index in [1.165, 1.54) is 6.92 Å². The zero-order valence-electron chi connectivity index (χ0n) is 9.93. The minimum atomic E-state index is -1.50. The molecule has 0 aliphatic carbocycles. The standard InChI is InChI=1S/C9H14N4O4S/c1-5-11-8(18-13-5)12-7(16)10-4-9(2,17)3-6(14)15/h17H,3-4H2,1-2H3,(H,14,15)(H2,10,11,12,13,16). The molecule has 0 radical (unpaired) electrons. The van der Waals surface area contributed by atoms with Crippen molar-refractivity contribution in [3.8, 4) is 0 Å². The number of carboxylic acids is 1. The number of hydrogen-bond donors (Lipinski definition) is 4. The molecule has 0 fully saturated rings. The summed E-state index contributed by atoms with van der Waals surface area (Å²) >= 11 is 1.03. The number of carbonyl (C=O) groups is 2. The van der Waals surface area contributed by atoms with Gasteiger partial charge in [0, 0.05) is 18.1 Å². The van der Waals surface area contributed by atoms with Crippen LogP contribution < -0.4 is 10.6 Å². The summed E-state index contributed by atoms with van der Waals surface area (Å²) in [5, 5.41) is 23.3. The fourth-order valence-electron chi connectivity index (χ4n) is 1.15. The number of nitrogens with zero attached hydrogens (tertiary/aromatic N) is 2. The third kappa shape index (κ3) is 5.06. The first-order valence-corrected chi connectivity index (χ1v) is 5.85. The molecule has 100 valence electrons. The summed E-state index contributed by atoms with van der Waals surface area (Å²) in [6.45, 7) is 2.84. The van der Waals surface area contributed by atoms with Gasteiger partial charge in [-0.2, -0.15) is 4.37 Å². The summed E-state index contributed by atoms with van der Waals surface area (Å²) in [6, 6.07) is -0.572. The third-order valence-corrected chi connectivity index (χ3v) is 2.63. The molecular formula is C9H14N4O4S. The zero-order chi connectivity index (χ0) is 13.8. The second-order valence-electron chi connectivity index (χ2n) is 4.02. The Morgan fingerprint density at radius 1 is 1.50 bits per heavy atom. The lowest BCUT2D eigenvalue weighted by atomic mass is 10.0. The summed E-state index contributed by atoms with van der Waals surface area (Å²) in [5.74, 6) is -0.588. The number of aromatic nitrogens is 2. The van der Waals surface area contributed by atoms with Crippen molar-refractivity contribution >= 4 is 28.7 Å². The highest BCUT2D eigenvalue weighted by Crippen LogP contribution is 2.10. The molecule has 0 aliphatic heterocycles. The summed E-state index contributed by atoms with van der Waals surface area (Å²) in [7, 11) is 0. The Morgan fingerprint density at radius 3 is 2.67 bits per heavy atom. The molecule has 8 nitrogen and oxygen atoms in total. The maximum atomic E-state index is 11.4. The van der Waals surface area contributed by atoms with Crippen LogP contribution in [0.5, 0.6) is 0 Å². The van der Waals surface area contributed by atoms with Crippen molar-refractivity contribution in [2.24, 2.45) is 0 Å². The molecule has 1 heterocycles. The van der Waals surface area contributed by atoms with E-state index >= 15 is 0 Å². The summed E-state index contributed by atoms with van der Waals surface area (Å²) in [6.07, 6.45) is -0.453. The van der Waals surface area contributed by atoms with Crippen LogP contribution in [0, 0.1) is 6.92 Å². The Hall–Kier alpha value is -1.74. The highest BCUT2D eigenvalue weighted by molar-refractivity contribution is 7.09. The van der Waals surface area contributed by atoms with E-state index in [-0.39, 0.29) is 6.54 Å². The molecule has 0 aliphatic rings. The molecule has 0 saturated heterocycles. The van der Waals surface area contributed by atoms with E-state index in [0.717, 1.165) is 11.5 Å². The predicted octanol–water partition coefficient (Wildman–Crippen LogP) is 0.194. The minimum absolute atomic E-state index is 0.178. The SMILES string of the molecule is Cc1nsc(NC(=O)NCC(C)(O)CC(=O)O)n1. The van der Waals surface area contributed by atoms with Crippen LogP contribution in [0.15, 0.2) is 0 Å². The van der Waals surface area contributed by atoms with Crippen molar-refractivity contribution in [3.63, 3.8) is 0 Å². The number of aliphatic hydroxyl groups is 1. The van der Waals surface area contributed by atoms with Crippen molar-refractivity contribution in [2.45, 2.75) is 25.9 Å². The van der Waals surface area contributed by atoms with E-state index in [1.54, 1.807) is 6.92 Å². The van der Waals surface area contributed by atoms with Crippen LogP contribution in [0.25, 0.3) is 0 Å². The van der Waals surface area contributed by atoms with Gasteiger partial charge < -0.3 is 15.5 Å². The monoisotopic (exact) mass is 274 g/mol. The molecule has 18 heavy (non-hydrogen) atoms. The highest BCUT2D eigenvalue weighted by atomic mass is 32.1. The number of amides is 2. The zero-order valence-corrected chi connectivity index (χ0v) is 10.7. The first kappa shape index (κ1) is 14.3. The Labute approximate surface area is 107 Å². The second-order valence-corrected chi connectivity index (χ2v) is 4.77. The van der Waals surface area contributed by atoms with Crippen LogP contribution in [0.4, 0.5) is 9.93 Å². The van der Waals surface area contributed by atoms with Crippen molar-refractivity contribution in [1.82, 2.24) is 14.7 Å². The molecule has 2 amide bonds. The van der Waals surface area contributed by atoms with Crippen LogP contribution in [0.3, 0.4) is 0 Å². The minimum Gasteiger partial charge on any atom is -0.481 e. The molecule has 1 unspecified atom stereocenters. The summed E-state index contributed by atoms with van der Waals surface area (Å²) < 4.78 is 3.88. The van der Waals surface area contributed by atoms with Crippen molar-refractivity contribution < 1.29 is 19.8 Å². The quantitative estimate of drug-likeness (QED) is 0.607. The first-order chi connectivity index (χ1) is 8.28. The molecule has 1 rings (SSSR count). The molecule has 4 N–H and O–H groups in total. The molecule has 0 spiro atoms. The van der Waals surface area contributed by atoms with Crippen LogP contribution in [-0.2, 0) is 4.79 Å². The number of hydrogen-bond acceptors (Lipinski definition) is 6. The van der Waals surface area contributed by atoms with Gasteiger partial charge in [0.1, 0.15) is 5.82 Å². The van der Waals surface area contributed by atoms with E-state index in [0.29, 0.717) is 11.0 Å². The molecule has 9 heteroatoms. The molecule has 0 saturated carbocycles. The Balaban J connectivity index is 2.39. The van der Waals surface area contributed by atoms with Crippen LogP contribution in [0.2, 0.25) is 0 Å². The van der Waals surface area contributed by atoms with Crippen LogP contribution >= 0.6 is 11.5 Å². The number of aryl methyl sites for hydroxylation is 1. The maximum Gasteiger partial charge on any atom is 0.321 e. The lowest BCUT2D eigenvalue weighted by molar-refractivity contribution is -0.141. The lowest BCUT2D eigenvalue weighted by Crippen LogP contribution is -2.43. The smallest absolute Gasteiger partial charge is 0.321 e. The molecular weight excluding hydrogens is 260 g/mol. The van der Waals surface area contributed by atoms with Gasteiger partial charge in [0.2, 0.25) is 5.13 Å². The van der Waals surface area contributed by atoms with Gasteiger partial charge in [0.15, 0.2) is 0 Å². The molecule has 0 bridgehead atoms.